The number of benzene rings is 1. The summed E-state index contributed by atoms with van der Waals surface area (Å²) in [5.74, 6) is -1.53. The second-order valence-corrected chi connectivity index (χ2v) is 3.51. The standard InChI is InChI=1S/C9H6ClFN4O2/c10-4-1-2-5(11)6(3-4)13-9(16)7-8(12)15-17-14-7/h1-3H,(H2,12,15)(H,13,16). The molecule has 1 heterocycles. The number of carbonyl (C=O) groups excluding carboxylic acids is 1. The van der Waals surface area contributed by atoms with Gasteiger partial charge in [0.2, 0.25) is 11.5 Å². The molecule has 0 radical (unpaired) electrons. The van der Waals surface area contributed by atoms with Gasteiger partial charge in [-0.25, -0.2) is 9.02 Å². The topological polar surface area (TPSA) is 94.0 Å². The highest BCUT2D eigenvalue weighted by molar-refractivity contribution is 6.31. The molecule has 0 aliphatic rings. The Balaban J connectivity index is 2.24. The van der Waals surface area contributed by atoms with Crippen molar-refractivity contribution in [3.63, 3.8) is 0 Å². The third kappa shape index (κ3) is 2.34. The lowest BCUT2D eigenvalue weighted by Crippen LogP contribution is -2.15. The minimum atomic E-state index is -0.732. The van der Waals surface area contributed by atoms with Gasteiger partial charge < -0.3 is 11.1 Å². The summed E-state index contributed by atoms with van der Waals surface area (Å²) in [4.78, 5) is 11.6. The summed E-state index contributed by atoms with van der Waals surface area (Å²) in [5, 5.41) is 9.05. The van der Waals surface area contributed by atoms with E-state index in [0.29, 0.717) is 0 Å². The lowest BCUT2D eigenvalue weighted by atomic mass is 10.3. The van der Waals surface area contributed by atoms with Gasteiger partial charge in [0.25, 0.3) is 5.91 Å². The van der Waals surface area contributed by atoms with E-state index in [1.165, 1.54) is 12.1 Å². The van der Waals surface area contributed by atoms with Crippen LogP contribution in [0.2, 0.25) is 5.02 Å². The van der Waals surface area contributed by atoms with Crippen LogP contribution in [-0.2, 0) is 0 Å². The maximum atomic E-state index is 13.3. The first-order valence-electron chi connectivity index (χ1n) is 4.42. The molecular weight excluding hydrogens is 251 g/mol. The fourth-order valence-corrected chi connectivity index (χ4v) is 1.30. The zero-order chi connectivity index (χ0) is 12.4. The van der Waals surface area contributed by atoms with Gasteiger partial charge in [0, 0.05) is 5.02 Å². The van der Waals surface area contributed by atoms with Crippen molar-refractivity contribution in [2.75, 3.05) is 11.1 Å². The molecule has 0 aliphatic carbocycles. The molecule has 0 aliphatic heterocycles. The predicted octanol–water partition coefficient (Wildman–Crippen LogP) is 1.70. The average molecular weight is 257 g/mol. The molecule has 1 aromatic carbocycles. The van der Waals surface area contributed by atoms with E-state index in [4.69, 9.17) is 17.3 Å². The minimum Gasteiger partial charge on any atom is -0.379 e. The molecule has 2 aromatic rings. The molecule has 8 heteroatoms. The third-order valence-corrected chi connectivity index (χ3v) is 2.14. The van der Waals surface area contributed by atoms with Crippen molar-refractivity contribution in [2.45, 2.75) is 0 Å². The van der Waals surface area contributed by atoms with Crippen LogP contribution in [-0.4, -0.2) is 16.2 Å². The number of nitrogens with one attached hydrogen (secondary N) is 1. The van der Waals surface area contributed by atoms with Crippen LogP contribution < -0.4 is 11.1 Å². The van der Waals surface area contributed by atoms with E-state index in [1.807, 2.05) is 0 Å². The summed E-state index contributed by atoms with van der Waals surface area (Å²) in [6.45, 7) is 0. The normalized spacial score (nSPS) is 10.2. The Labute approximate surface area is 99.5 Å². The molecule has 1 aromatic heterocycles. The Morgan fingerprint density at radius 3 is 2.88 bits per heavy atom. The molecule has 0 atom stereocenters. The number of hydrogen-bond donors (Lipinski definition) is 2. The predicted molar refractivity (Wildman–Crippen MR) is 58.1 cm³/mol. The molecule has 0 saturated heterocycles. The Hall–Kier alpha value is -2.15. The number of hydrogen-bond acceptors (Lipinski definition) is 5. The second kappa shape index (κ2) is 4.38. The number of amides is 1. The summed E-state index contributed by atoms with van der Waals surface area (Å²) in [5.41, 5.74) is 5.02. The van der Waals surface area contributed by atoms with E-state index >= 15 is 0 Å². The summed E-state index contributed by atoms with van der Waals surface area (Å²) in [6, 6.07) is 3.75. The molecular formula is C9H6ClFN4O2. The average Bonchev–Trinajstić information content (AvgIpc) is 2.70. The number of rotatable bonds is 2. The molecule has 2 rings (SSSR count). The van der Waals surface area contributed by atoms with E-state index in [0.717, 1.165) is 6.07 Å². The van der Waals surface area contributed by atoms with Crippen molar-refractivity contribution in [3.05, 3.63) is 34.7 Å². The highest BCUT2D eigenvalue weighted by Gasteiger charge is 2.17. The van der Waals surface area contributed by atoms with Crippen molar-refractivity contribution >= 4 is 29.0 Å². The first kappa shape index (κ1) is 11.3. The third-order valence-electron chi connectivity index (χ3n) is 1.91. The van der Waals surface area contributed by atoms with Gasteiger partial charge in [-0.2, -0.15) is 0 Å². The molecule has 88 valence electrons. The largest absolute Gasteiger partial charge is 0.379 e. The minimum absolute atomic E-state index is 0.0788. The van der Waals surface area contributed by atoms with E-state index < -0.39 is 11.7 Å². The van der Waals surface area contributed by atoms with Crippen LogP contribution in [0.1, 0.15) is 10.5 Å². The fourth-order valence-electron chi connectivity index (χ4n) is 1.13. The van der Waals surface area contributed by atoms with E-state index in [9.17, 15) is 9.18 Å². The summed E-state index contributed by atoms with van der Waals surface area (Å²) in [6.07, 6.45) is 0. The Kier molecular flexibility index (Phi) is 2.92. The lowest BCUT2D eigenvalue weighted by Gasteiger charge is -2.04. The van der Waals surface area contributed by atoms with Crippen molar-refractivity contribution < 1.29 is 13.8 Å². The molecule has 6 nitrogen and oxygen atoms in total. The Bertz CT molecular complexity index is 572. The van der Waals surface area contributed by atoms with E-state index in [2.05, 4.69) is 20.3 Å². The zero-order valence-electron chi connectivity index (χ0n) is 8.28. The van der Waals surface area contributed by atoms with Gasteiger partial charge in [-0.1, -0.05) is 11.6 Å². The van der Waals surface area contributed by atoms with Crippen LogP contribution in [0.5, 0.6) is 0 Å². The molecule has 0 fully saturated rings. The van der Waals surface area contributed by atoms with Gasteiger partial charge in [0.05, 0.1) is 5.69 Å². The first-order valence-corrected chi connectivity index (χ1v) is 4.80. The molecule has 0 bridgehead atoms. The van der Waals surface area contributed by atoms with Crippen LogP contribution in [0.25, 0.3) is 0 Å². The van der Waals surface area contributed by atoms with Crippen molar-refractivity contribution in [1.29, 1.82) is 0 Å². The van der Waals surface area contributed by atoms with Gasteiger partial charge in [-0.05, 0) is 28.5 Å². The number of nitrogens with zero attached hydrogens (tertiary/aromatic N) is 2. The van der Waals surface area contributed by atoms with Gasteiger partial charge >= 0.3 is 0 Å². The van der Waals surface area contributed by atoms with Crippen LogP contribution in [0, 0.1) is 5.82 Å². The van der Waals surface area contributed by atoms with Gasteiger partial charge in [-0.15, -0.1) is 0 Å². The number of nitrogens with two attached hydrogens (primary N) is 1. The van der Waals surface area contributed by atoms with Gasteiger partial charge in [0.15, 0.2) is 0 Å². The van der Waals surface area contributed by atoms with Gasteiger partial charge in [0.1, 0.15) is 5.82 Å². The highest BCUT2D eigenvalue weighted by Crippen LogP contribution is 2.20. The van der Waals surface area contributed by atoms with Crippen molar-refractivity contribution in [3.8, 4) is 0 Å². The molecule has 0 spiro atoms. The smallest absolute Gasteiger partial charge is 0.281 e. The van der Waals surface area contributed by atoms with Crippen LogP contribution >= 0.6 is 11.6 Å². The lowest BCUT2D eigenvalue weighted by molar-refractivity contribution is 0.101. The second-order valence-electron chi connectivity index (χ2n) is 3.08. The van der Waals surface area contributed by atoms with Crippen LogP contribution in [0.4, 0.5) is 15.9 Å². The maximum absolute atomic E-state index is 13.3. The first-order chi connectivity index (χ1) is 8.08. The number of anilines is 2. The molecule has 0 unspecified atom stereocenters. The zero-order valence-corrected chi connectivity index (χ0v) is 9.03. The number of carbonyl (C=O) groups is 1. The quantitative estimate of drug-likeness (QED) is 0.853. The highest BCUT2D eigenvalue weighted by atomic mass is 35.5. The molecule has 17 heavy (non-hydrogen) atoms. The van der Waals surface area contributed by atoms with E-state index in [-0.39, 0.29) is 22.2 Å². The molecule has 3 N–H and O–H groups in total. The van der Waals surface area contributed by atoms with Gasteiger partial charge in [-0.3, -0.25) is 4.79 Å². The number of aromatic nitrogens is 2. The molecule has 0 saturated carbocycles. The molecule has 1 amide bonds. The van der Waals surface area contributed by atoms with Crippen LogP contribution in [0.3, 0.4) is 0 Å². The Morgan fingerprint density at radius 2 is 2.24 bits per heavy atom. The van der Waals surface area contributed by atoms with E-state index in [1.54, 1.807) is 0 Å². The maximum Gasteiger partial charge on any atom is 0.281 e. The number of halogens is 2. The summed E-state index contributed by atoms with van der Waals surface area (Å²) in [7, 11) is 0. The monoisotopic (exact) mass is 256 g/mol. The van der Waals surface area contributed by atoms with Crippen molar-refractivity contribution in [1.82, 2.24) is 10.3 Å². The van der Waals surface area contributed by atoms with Crippen LogP contribution in [0.15, 0.2) is 22.8 Å². The SMILES string of the molecule is Nc1nonc1C(=O)Nc1cc(Cl)ccc1F. The summed E-state index contributed by atoms with van der Waals surface area (Å²) < 4.78 is 17.6. The Morgan fingerprint density at radius 1 is 1.47 bits per heavy atom. The summed E-state index contributed by atoms with van der Waals surface area (Å²) >= 11 is 5.67. The fraction of sp³-hybridized carbons (Fsp3) is 0. The number of nitrogen functional groups attached to an aromatic ring is 1. The van der Waals surface area contributed by atoms with Crippen molar-refractivity contribution in [2.24, 2.45) is 0 Å².